The van der Waals surface area contributed by atoms with Crippen LogP contribution >= 0.6 is 0 Å². The van der Waals surface area contributed by atoms with Crippen LogP contribution in [0.4, 0.5) is 5.69 Å². The zero-order chi connectivity index (χ0) is 13.8. The molecule has 0 spiro atoms. The van der Waals surface area contributed by atoms with Crippen molar-refractivity contribution in [3.8, 4) is 0 Å². The van der Waals surface area contributed by atoms with E-state index >= 15 is 0 Å². The van der Waals surface area contributed by atoms with E-state index in [9.17, 15) is 4.79 Å². The molecule has 1 aliphatic rings. The minimum absolute atomic E-state index is 0.0198. The lowest BCUT2D eigenvalue weighted by Crippen LogP contribution is -2.42. The van der Waals surface area contributed by atoms with Gasteiger partial charge in [-0.1, -0.05) is 25.1 Å². The van der Waals surface area contributed by atoms with E-state index in [0.29, 0.717) is 0 Å². The molecule has 0 bridgehead atoms. The Morgan fingerprint density at radius 2 is 2.16 bits per heavy atom. The summed E-state index contributed by atoms with van der Waals surface area (Å²) in [5, 5.41) is 3.38. The summed E-state index contributed by atoms with van der Waals surface area (Å²) < 4.78 is 0. The number of fused-ring (bicyclic) bond motifs is 1. The highest BCUT2D eigenvalue weighted by Crippen LogP contribution is 2.33. The highest BCUT2D eigenvalue weighted by molar-refractivity contribution is 5.86. The Morgan fingerprint density at radius 3 is 2.84 bits per heavy atom. The van der Waals surface area contributed by atoms with Crippen LogP contribution in [0, 0.1) is 0 Å². The Bertz CT molecular complexity index is 442. The molecule has 1 aliphatic heterocycles. The van der Waals surface area contributed by atoms with Gasteiger partial charge in [-0.05, 0) is 38.3 Å². The van der Waals surface area contributed by atoms with Crippen LogP contribution in [0.15, 0.2) is 24.3 Å². The van der Waals surface area contributed by atoms with Crippen LogP contribution in [-0.4, -0.2) is 29.9 Å². The molecule has 2 rings (SSSR count). The van der Waals surface area contributed by atoms with Gasteiger partial charge in [0.2, 0.25) is 5.91 Å². The number of hydrogen-bond donors (Lipinski definition) is 1. The van der Waals surface area contributed by atoms with Crippen LogP contribution in [0.3, 0.4) is 0 Å². The molecular weight excluding hydrogens is 236 g/mol. The van der Waals surface area contributed by atoms with Gasteiger partial charge in [-0.2, -0.15) is 0 Å². The van der Waals surface area contributed by atoms with Crippen LogP contribution in [0.2, 0.25) is 0 Å². The zero-order valence-corrected chi connectivity index (χ0v) is 12.1. The van der Waals surface area contributed by atoms with Crippen molar-refractivity contribution in [2.75, 3.05) is 18.4 Å². The van der Waals surface area contributed by atoms with E-state index in [2.05, 4.69) is 38.2 Å². The maximum atomic E-state index is 12.8. The Balaban J connectivity index is 2.24. The maximum Gasteiger partial charge on any atom is 0.230 e. The molecule has 0 aliphatic carbocycles. The molecule has 0 saturated carbocycles. The van der Waals surface area contributed by atoms with E-state index in [1.54, 1.807) is 0 Å². The third kappa shape index (κ3) is 2.91. The molecule has 19 heavy (non-hydrogen) atoms. The first-order valence-corrected chi connectivity index (χ1v) is 7.28. The third-order valence-electron chi connectivity index (χ3n) is 3.75. The number of nitrogens with one attached hydrogen (secondary N) is 1. The monoisotopic (exact) mass is 260 g/mol. The highest BCUT2D eigenvalue weighted by atomic mass is 16.2. The number of amides is 1. The fourth-order valence-corrected chi connectivity index (χ4v) is 2.79. The summed E-state index contributed by atoms with van der Waals surface area (Å²) >= 11 is 0. The van der Waals surface area contributed by atoms with Crippen LogP contribution in [-0.2, 0) is 4.79 Å². The molecule has 3 heteroatoms. The van der Waals surface area contributed by atoms with E-state index in [1.165, 1.54) is 0 Å². The first-order chi connectivity index (χ1) is 9.15. The molecule has 1 heterocycles. The van der Waals surface area contributed by atoms with E-state index in [4.69, 9.17) is 0 Å². The molecule has 0 fully saturated rings. The molecule has 1 atom stereocenters. The molecular formula is C16H24N2O. The minimum Gasteiger partial charge on any atom is -0.385 e. The third-order valence-corrected chi connectivity index (χ3v) is 3.75. The Hall–Kier alpha value is -1.51. The van der Waals surface area contributed by atoms with Crippen LogP contribution in [0.5, 0.6) is 0 Å². The summed E-state index contributed by atoms with van der Waals surface area (Å²) in [6.45, 7) is 8.05. The quantitative estimate of drug-likeness (QED) is 0.901. The zero-order valence-electron chi connectivity index (χ0n) is 12.1. The second-order valence-corrected chi connectivity index (χ2v) is 5.48. The first kappa shape index (κ1) is 13.9. The number of anilines is 1. The summed E-state index contributed by atoms with van der Waals surface area (Å²) in [7, 11) is 0. The van der Waals surface area contributed by atoms with E-state index in [0.717, 1.165) is 37.2 Å². The fraction of sp³-hybridized carbons (Fsp3) is 0.562. The lowest BCUT2D eigenvalue weighted by Gasteiger charge is -2.33. The molecule has 1 unspecified atom stereocenters. The van der Waals surface area contributed by atoms with Gasteiger partial charge in [-0.25, -0.2) is 0 Å². The Labute approximate surface area is 116 Å². The number of carbonyl (C=O) groups excluding carboxylic acids is 1. The topological polar surface area (TPSA) is 32.3 Å². The minimum atomic E-state index is 0.0198. The second kappa shape index (κ2) is 6.09. The SMILES string of the molecule is CCCN(C(=O)C1CCNc2ccccc21)C(C)C. The molecule has 1 aromatic rings. The average molecular weight is 260 g/mol. The summed E-state index contributed by atoms with van der Waals surface area (Å²) in [5.74, 6) is 0.303. The van der Waals surface area contributed by atoms with Crippen molar-refractivity contribution in [3.05, 3.63) is 29.8 Å². The Kier molecular flexibility index (Phi) is 4.46. The van der Waals surface area contributed by atoms with Gasteiger partial charge in [-0.3, -0.25) is 4.79 Å². The van der Waals surface area contributed by atoms with E-state index in [-0.39, 0.29) is 17.9 Å². The maximum absolute atomic E-state index is 12.8. The van der Waals surface area contributed by atoms with Gasteiger partial charge in [0.1, 0.15) is 0 Å². The largest absolute Gasteiger partial charge is 0.385 e. The number of benzene rings is 1. The molecule has 0 saturated heterocycles. The predicted molar refractivity (Wildman–Crippen MR) is 79.4 cm³/mol. The average Bonchev–Trinajstić information content (AvgIpc) is 2.43. The lowest BCUT2D eigenvalue weighted by atomic mass is 9.89. The summed E-state index contributed by atoms with van der Waals surface area (Å²) in [6, 6.07) is 8.45. The van der Waals surface area contributed by atoms with Gasteiger partial charge in [-0.15, -0.1) is 0 Å². The molecule has 1 N–H and O–H groups in total. The smallest absolute Gasteiger partial charge is 0.230 e. The number of para-hydroxylation sites is 1. The van der Waals surface area contributed by atoms with E-state index < -0.39 is 0 Å². The van der Waals surface area contributed by atoms with Gasteiger partial charge >= 0.3 is 0 Å². The molecule has 1 aromatic carbocycles. The summed E-state index contributed by atoms with van der Waals surface area (Å²) in [6.07, 6.45) is 1.90. The first-order valence-electron chi connectivity index (χ1n) is 7.28. The highest BCUT2D eigenvalue weighted by Gasteiger charge is 2.30. The van der Waals surface area contributed by atoms with Crippen LogP contribution < -0.4 is 5.32 Å². The number of nitrogens with zero attached hydrogens (tertiary/aromatic N) is 1. The van der Waals surface area contributed by atoms with Crippen molar-refractivity contribution >= 4 is 11.6 Å². The van der Waals surface area contributed by atoms with Gasteiger partial charge in [0, 0.05) is 24.8 Å². The predicted octanol–water partition coefficient (Wildman–Crippen LogP) is 3.23. The molecule has 0 aromatic heterocycles. The standard InChI is InChI=1S/C16H24N2O/c1-4-11-18(12(2)3)16(19)14-9-10-17-15-8-6-5-7-13(14)15/h5-8,12,14,17H,4,9-11H2,1-3H3. The molecule has 1 amide bonds. The van der Waals surface area contributed by atoms with Crippen molar-refractivity contribution in [1.29, 1.82) is 0 Å². The lowest BCUT2D eigenvalue weighted by molar-refractivity contribution is -0.134. The van der Waals surface area contributed by atoms with Gasteiger partial charge in [0.25, 0.3) is 0 Å². The molecule has 104 valence electrons. The summed E-state index contributed by atoms with van der Waals surface area (Å²) in [4.78, 5) is 14.8. The van der Waals surface area contributed by atoms with Crippen molar-refractivity contribution < 1.29 is 4.79 Å². The number of carbonyl (C=O) groups is 1. The van der Waals surface area contributed by atoms with Gasteiger partial charge in [0.05, 0.1) is 5.92 Å². The summed E-state index contributed by atoms with van der Waals surface area (Å²) in [5.41, 5.74) is 2.27. The van der Waals surface area contributed by atoms with Crippen molar-refractivity contribution in [1.82, 2.24) is 4.90 Å². The van der Waals surface area contributed by atoms with Gasteiger partial charge < -0.3 is 10.2 Å². The fourth-order valence-electron chi connectivity index (χ4n) is 2.79. The van der Waals surface area contributed by atoms with Gasteiger partial charge in [0.15, 0.2) is 0 Å². The normalized spacial score (nSPS) is 17.8. The van der Waals surface area contributed by atoms with Crippen molar-refractivity contribution in [2.24, 2.45) is 0 Å². The van der Waals surface area contributed by atoms with Crippen molar-refractivity contribution in [3.63, 3.8) is 0 Å². The van der Waals surface area contributed by atoms with Crippen LogP contribution in [0.25, 0.3) is 0 Å². The molecule has 0 radical (unpaired) electrons. The Morgan fingerprint density at radius 1 is 1.42 bits per heavy atom. The van der Waals surface area contributed by atoms with Crippen molar-refractivity contribution in [2.45, 2.75) is 45.6 Å². The number of hydrogen-bond acceptors (Lipinski definition) is 2. The van der Waals surface area contributed by atoms with Crippen LogP contribution in [0.1, 0.15) is 45.1 Å². The number of rotatable bonds is 4. The molecule has 3 nitrogen and oxygen atoms in total. The second-order valence-electron chi connectivity index (χ2n) is 5.48. The van der Waals surface area contributed by atoms with E-state index in [1.807, 2.05) is 17.0 Å².